The van der Waals surface area contributed by atoms with Crippen LogP contribution in [0.25, 0.3) is 6.08 Å². The quantitative estimate of drug-likeness (QED) is 0.572. The van der Waals surface area contributed by atoms with Gasteiger partial charge in [0.2, 0.25) is 0 Å². The molecular formula is C19H19NO5S. The van der Waals surface area contributed by atoms with Gasteiger partial charge in [-0.1, -0.05) is 29.8 Å². The van der Waals surface area contributed by atoms with Crippen molar-refractivity contribution in [2.24, 2.45) is 0 Å². The molecule has 0 heterocycles. The van der Waals surface area contributed by atoms with Gasteiger partial charge in [-0.2, -0.15) is 0 Å². The van der Waals surface area contributed by atoms with Gasteiger partial charge in [0.25, 0.3) is 10.0 Å². The van der Waals surface area contributed by atoms with Crippen LogP contribution in [-0.4, -0.2) is 26.6 Å². The summed E-state index contributed by atoms with van der Waals surface area (Å²) >= 11 is 0. The number of aliphatic carboxylic acids is 1. The molecule has 26 heavy (non-hydrogen) atoms. The number of hydrogen-bond acceptors (Lipinski definition) is 4. The zero-order valence-corrected chi connectivity index (χ0v) is 15.2. The lowest BCUT2D eigenvalue weighted by molar-refractivity contribution is -0.131. The van der Waals surface area contributed by atoms with Gasteiger partial charge in [0.1, 0.15) is 5.75 Å². The van der Waals surface area contributed by atoms with E-state index in [2.05, 4.69) is 4.72 Å². The van der Waals surface area contributed by atoms with Crippen molar-refractivity contribution in [1.29, 1.82) is 0 Å². The molecular weight excluding hydrogens is 354 g/mol. The Balaban J connectivity index is 2.43. The number of methoxy groups -OCH3 is 1. The monoisotopic (exact) mass is 373 g/mol. The molecule has 6 nitrogen and oxygen atoms in total. The Morgan fingerprint density at radius 1 is 1.12 bits per heavy atom. The molecule has 7 heteroatoms. The van der Waals surface area contributed by atoms with E-state index >= 15 is 0 Å². The molecule has 0 bridgehead atoms. The van der Waals surface area contributed by atoms with Gasteiger partial charge >= 0.3 is 5.97 Å². The second kappa shape index (κ2) is 8.35. The average molecular weight is 373 g/mol. The highest BCUT2D eigenvalue weighted by molar-refractivity contribution is 7.92. The summed E-state index contributed by atoms with van der Waals surface area (Å²) in [6.45, 7) is 1.72. The van der Waals surface area contributed by atoms with Crippen molar-refractivity contribution in [2.45, 2.75) is 11.8 Å². The number of benzene rings is 2. The van der Waals surface area contributed by atoms with E-state index < -0.39 is 16.0 Å². The molecule has 0 radical (unpaired) electrons. The van der Waals surface area contributed by atoms with Crippen molar-refractivity contribution >= 4 is 27.8 Å². The van der Waals surface area contributed by atoms with Crippen molar-refractivity contribution in [3.05, 3.63) is 71.8 Å². The van der Waals surface area contributed by atoms with Crippen molar-refractivity contribution in [3.63, 3.8) is 0 Å². The van der Waals surface area contributed by atoms with Gasteiger partial charge in [0.15, 0.2) is 0 Å². The van der Waals surface area contributed by atoms with Crippen LogP contribution < -0.4 is 9.46 Å². The van der Waals surface area contributed by atoms with Gasteiger partial charge in [0.05, 0.1) is 17.7 Å². The average Bonchev–Trinajstić information content (AvgIpc) is 2.62. The Kier molecular flexibility index (Phi) is 6.19. The lowest BCUT2D eigenvalue weighted by atomic mass is 10.1. The summed E-state index contributed by atoms with van der Waals surface area (Å²) in [5.41, 5.74) is 1.56. The number of allylic oxidation sites excluding steroid dienone is 2. The molecule has 2 aromatic rings. The largest absolute Gasteiger partial charge is 0.497 e. The van der Waals surface area contributed by atoms with Gasteiger partial charge in [0, 0.05) is 12.1 Å². The van der Waals surface area contributed by atoms with E-state index in [9.17, 15) is 13.2 Å². The smallest absolute Gasteiger partial charge is 0.328 e. The Labute approximate surface area is 152 Å². The third-order valence-corrected chi connectivity index (χ3v) is 4.81. The fourth-order valence-corrected chi connectivity index (χ4v) is 3.28. The van der Waals surface area contributed by atoms with Crippen LogP contribution in [0.4, 0.5) is 5.69 Å². The predicted octanol–water partition coefficient (Wildman–Crippen LogP) is 3.54. The number of anilines is 1. The van der Waals surface area contributed by atoms with E-state index in [0.717, 1.165) is 6.08 Å². The zero-order valence-electron chi connectivity index (χ0n) is 14.3. The van der Waals surface area contributed by atoms with Crippen LogP contribution in [0.1, 0.15) is 12.5 Å². The molecule has 2 rings (SSSR count). The third kappa shape index (κ3) is 5.22. The van der Waals surface area contributed by atoms with Crippen LogP contribution in [0, 0.1) is 0 Å². The summed E-state index contributed by atoms with van der Waals surface area (Å²) in [5.74, 6) is -0.566. The number of ether oxygens (including phenoxy) is 1. The molecule has 2 N–H and O–H groups in total. The second-order valence-corrected chi connectivity index (χ2v) is 7.11. The molecule has 0 aliphatic rings. The van der Waals surface area contributed by atoms with Crippen LogP contribution in [-0.2, 0) is 14.8 Å². The highest BCUT2D eigenvalue weighted by Crippen LogP contribution is 2.27. The van der Waals surface area contributed by atoms with Crippen LogP contribution in [0.5, 0.6) is 5.75 Å². The minimum absolute atomic E-state index is 0.139. The number of carboxylic acid groups (broad SMARTS) is 1. The first kappa shape index (κ1) is 19.3. The Bertz CT molecular complexity index is 947. The van der Waals surface area contributed by atoms with E-state index in [1.165, 1.54) is 25.3 Å². The number of hydrogen-bond donors (Lipinski definition) is 2. The van der Waals surface area contributed by atoms with E-state index in [1.54, 1.807) is 49.4 Å². The maximum absolute atomic E-state index is 12.6. The predicted molar refractivity (Wildman–Crippen MR) is 101 cm³/mol. The van der Waals surface area contributed by atoms with Crippen molar-refractivity contribution in [2.75, 3.05) is 11.8 Å². The molecule has 0 saturated carbocycles. The SMILES string of the molecule is COc1ccc(/C=C(C)/C=C/C(=O)O)c(NS(=O)(=O)c2ccccc2)c1. The molecule has 0 aliphatic heterocycles. The Morgan fingerprint density at radius 2 is 1.81 bits per heavy atom. The van der Waals surface area contributed by atoms with Crippen molar-refractivity contribution < 1.29 is 23.1 Å². The number of carbonyl (C=O) groups is 1. The summed E-state index contributed by atoms with van der Waals surface area (Å²) in [7, 11) is -2.28. The molecule has 0 atom stereocenters. The first-order valence-corrected chi connectivity index (χ1v) is 9.15. The summed E-state index contributed by atoms with van der Waals surface area (Å²) in [6.07, 6.45) is 4.13. The van der Waals surface area contributed by atoms with Gasteiger partial charge in [-0.3, -0.25) is 4.72 Å². The normalized spacial score (nSPS) is 12.2. The fourth-order valence-electron chi connectivity index (χ4n) is 2.18. The maximum Gasteiger partial charge on any atom is 0.328 e. The van der Waals surface area contributed by atoms with E-state index in [4.69, 9.17) is 9.84 Å². The molecule has 0 unspecified atom stereocenters. The summed E-state index contributed by atoms with van der Waals surface area (Å²) in [4.78, 5) is 10.8. The lowest BCUT2D eigenvalue weighted by Gasteiger charge is -2.13. The first-order valence-electron chi connectivity index (χ1n) is 7.67. The summed E-state index contributed by atoms with van der Waals surface area (Å²) in [6, 6.07) is 13.0. The van der Waals surface area contributed by atoms with E-state index in [-0.39, 0.29) is 4.90 Å². The van der Waals surface area contributed by atoms with Crippen LogP contribution in [0.2, 0.25) is 0 Å². The standard InChI is InChI=1S/C19H19NO5S/c1-14(8-11-19(21)22)12-15-9-10-16(25-2)13-18(15)20-26(23,24)17-6-4-3-5-7-17/h3-13,20H,1-2H3,(H,21,22)/b11-8+,14-12+. The number of rotatable bonds is 7. The summed E-state index contributed by atoms with van der Waals surface area (Å²) in [5, 5.41) is 8.71. The van der Waals surface area contributed by atoms with Crippen LogP contribution >= 0.6 is 0 Å². The van der Waals surface area contributed by atoms with Gasteiger partial charge < -0.3 is 9.84 Å². The zero-order chi connectivity index (χ0) is 19.2. The van der Waals surface area contributed by atoms with Crippen molar-refractivity contribution in [3.8, 4) is 5.75 Å². The molecule has 0 aliphatic carbocycles. The minimum atomic E-state index is -3.77. The highest BCUT2D eigenvalue weighted by Gasteiger charge is 2.15. The molecule has 0 spiro atoms. The molecule has 2 aromatic carbocycles. The van der Waals surface area contributed by atoms with E-state index in [1.807, 2.05) is 0 Å². The number of nitrogens with one attached hydrogen (secondary N) is 1. The first-order chi connectivity index (χ1) is 12.3. The Morgan fingerprint density at radius 3 is 2.42 bits per heavy atom. The van der Waals surface area contributed by atoms with Gasteiger partial charge in [-0.05, 0) is 42.8 Å². The number of carboxylic acids is 1. The van der Waals surface area contributed by atoms with E-state index in [0.29, 0.717) is 22.6 Å². The third-order valence-electron chi connectivity index (χ3n) is 3.43. The molecule has 0 saturated heterocycles. The molecule has 0 amide bonds. The van der Waals surface area contributed by atoms with Gasteiger partial charge in [-0.15, -0.1) is 0 Å². The Hall–Kier alpha value is -3.06. The van der Waals surface area contributed by atoms with Crippen molar-refractivity contribution in [1.82, 2.24) is 0 Å². The topological polar surface area (TPSA) is 92.7 Å². The maximum atomic E-state index is 12.6. The van der Waals surface area contributed by atoms with Crippen LogP contribution in [0.15, 0.2) is 71.2 Å². The second-order valence-electron chi connectivity index (χ2n) is 5.43. The molecule has 0 fully saturated rings. The summed E-state index contributed by atoms with van der Waals surface area (Å²) < 4.78 is 32.9. The minimum Gasteiger partial charge on any atom is -0.497 e. The van der Waals surface area contributed by atoms with Gasteiger partial charge in [-0.25, -0.2) is 13.2 Å². The highest BCUT2D eigenvalue weighted by atomic mass is 32.2. The number of sulfonamides is 1. The fraction of sp³-hybridized carbons (Fsp3) is 0.105. The molecule has 0 aromatic heterocycles. The lowest BCUT2D eigenvalue weighted by Crippen LogP contribution is -2.13. The molecule has 136 valence electrons. The van der Waals surface area contributed by atoms with Crippen LogP contribution in [0.3, 0.4) is 0 Å².